The van der Waals surface area contributed by atoms with Gasteiger partial charge in [-0.1, -0.05) is 30.3 Å². The number of carbonyl (C=O) groups excluding carboxylic acids is 3. The Morgan fingerprint density at radius 1 is 0.789 bits per heavy atom. The van der Waals surface area contributed by atoms with Crippen LogP contribution >= 0.6 is 0 Å². The van der Waals surface area contributed by atoms with Crippen LogP contribution in [0, 0.1) is 0 Å². The van der Waals surface area contributed by atoms with Gasteiger partial charge >= 0.3 is 17.9 Å². The van der Waals surface area contributed by atoms with E-state index in [2.05, 4.69) is 25.9 Å². The largest absolute Gasteiger partial charge is 0.481 e. The topological polar surface area (TPSA) is 254 Å². The second-order valence-electron chi connectivity index (χ2n) is 8.29. The number of benzene rings is 1. The molecule has 1 heterocycles. The van der Waals surface area contributed by atoms with Crippen LogP contribution in [0.2, 0.25) is 0 Å². The van der Waals surface area contributed by atoms with Gasteiger partial charge in [-0.2, -0.15) is 0 Å². The molecule has 0 aliphatic rings. The number of carboxylic acids is 3. The highest BCUT2D eigenvalue weighted by Gasteiger charge is 2.32. The third-order valence-corrected chi connectivity index (χ3v) is 5.25. The fraction of sp³-hybridized carbons (Fsp3) is 0.348. The van der Waals surface area contributed by atoms with Crippen molar-refractivity contribution in [2.45, 2.75) is 49.9 Å². The van der Waals surface area contributed by atoms with Gasteiger partial charge in [-0.15, -0.1) is 0 Å². The van der Waals surface area contributed by atoms with E-state index in [1.165, 1.54) is 12.5 Å². The van der Waals surface area contributed by atoms with Crippen LogP contribution in [0.25, 0.3) is 0 Å². The molecule has 1 aromatic carbocycles. The van der Waals surface area contributed by atoms with Crippen molar-refractivity contribution in [1.29, 1.82) is 0 Å². The molecule has 9 N–H and O–H groups in total. The summed E-state index contributed by atoms with van der Waals surface area (Å²) in [5.74, 6) is -7.20. The maximum absolute atomic E-state index is 13.1. The predicted molar refractivity (Wildman–Crippen MR) is 128 cm³/mol. The molecule has 4 unspecified atom stereocenters. The number of rotatable bonds is 15. The van der Waals surface area contributed by atoms with Gasteiger partial charge in [-0.3, -0.25) is 24.0 Å². The molecule has 2 rings (SSSR count). The number of nitrogens with two attached hydrogens (primary N) is 1. The zero-order valence-electron chi connectivity index (χ0n) is 20.0. The van der Waals surface area contributed by atoms with Crippen molar-refractivity contribution in [2.75, 3.05) is 0 Å². The third-order valence-electron chi connectivity index (χ3n) is 5.25. The number of carbonyl (C=O) groups is 6. The minimum atomic E-state index is -1.70. The van der Waals surface area contributed by atoms with Gasteiger partial charge in [0.25, 0.3) is 0 Å². The van der Waals surface area contributed by atoms with E-state index in [0.717, 1.165) is 0 Å². The molecule has 204 valence electrons. The highest BCUT2D eigenvalue weighted by molar-refractivity contribution is 5.96. The summed E-state index contributed by atoms with van der Waals surface area (Å²) >= 11 is 0. The molecule has 15 nitrogen and oxygen atoms in total. The summed E-state index contributed by atoms with van der Waals surface area (Å²) in [4.78, 5) is 78.8. The highest BCUT2D eigenvalue weighted by Crippen LogP contribution is 2.07. The van der Waals surface area contributed by atoms with Gasteiger partial charge < -0.3 is 42.0 Å². The first-order chi connectivity index (χ1) is 18.0. The summed E-state index contributed by atoms with van der Waals surface area (Å²) in [5.41, 5.74) is 6.56. The van der Waals surface area contributed by atoms with Gasteiger partial charge in [-0.25, -0.2) is 9.78 Å². The summed E-state index contributed by atoms with van der Waals surface area (Å²) in [6, 6.07) is 2.36. The summed E-state index contributed by atoms with van der Waals surface area (Å²) in [7, 11) is 0. The molecule has 0 aliphatic heterocycles. The molecule has 0 saturated carbocycles. The van der Waals surface area contributed by atoms with Gasteiger partial charge in [0.1, 0.15) is 18.1 Å². The average Bonchev–Trinajstić information content (AvgIpc) is 3.35. The zero-order valence-corrected chi connectivity index (χ0v) is 20.0. The van der Waals surface area contributed by atoms with Crippen LogP contribution in [-0.4, -0.2) is 85.1 Å². The number of nitrogens with zero attached hydrogens (tertiary/aromatic N) is 1. The number of imidazole rings is 1. The average molecular weight is 533 g/mol. The maximum atomic E-state index is 13.1. The molecule has 2 aromatic rings. The smallest absolute Gasteiger partial charge is 0.326 e. The Kier molecular flexibility index (Phi) is 10.9. The Balaban J connectivity index is 2.21. The van der Waals surface area contributed by atoms with Gasteiger partial charge in [0.05, 0.1) is 25.2 Å². The van der Waals surface area contributed by atoms with Gasteiger partial charge in [0, 0.05) is 24.7 Å². The summed E-state index contributed by atoms with van der Waals surface area (Å²) < 4.78 is 0. The van der Waals surface area contributed by atoms with Gasteiger partial charge in [0.2, 0.25) is 17.7 Å². The first kappa shape index (κ1) is 29.4. The predicted octanol–water partition coefficient (Wildman–Crippen LogP) is -1.99. The van der Waals surface area contributed by atoms with Crippen molar-refractivity contribution in [1.82, 2.24) is 25.9 Å². The fourth-order valence-corrected chi connectivity index (χ4v) is 3.36. The molecule has 3 amide bonds. The van der Waals surface area contributed by atoms with Crippen LogP contribution in [0.1, 0.15) is 24.1 Å². The number of nitrogens with one attached hydrogen (secondary N) is 4. The molecule has 0 spiro atoms. The first-order valence-electron chi connectivity index (χ1n) is 11.3. The first-order valence-corrected chi connectivity index (χ1v) is 11.3. The Bertz CT molecular complexity index is 1140. The van der Waals surface area contributed by atoms with E-state index in [9.17, 15) is 39.0 Å². The quantitative estimate of drug-likeness (QED) is 0.125. The Hall–Kier alpha value is -4.79. The lowest BCUT2D eigenvalue weighted by Gasteiger charge is -2.24. The van der Waals surface area contributed by atoms with Crippen LogP contribution in [0.15, 0.2) is 42.9 Å². The van der Waals surface area contributed by atoms with E-state index in [0.29, 0.717) is 11.3 Å². The summed E-state index contributed by atoms with van der Waals surface area (Å²) in [6.07, 6.45) is 0.776. The lowest BCUT2D eigenvalue weighted by Crippen LogP contribution is -2.58. The molecule has 0 saturated heterocycles. The lowest BCUT2D eigenvalue weighted by atomic mass is 10.0. The summed E-state index contributed by atoms with van der Waals surface area (Å²) in [5, 5.41) is 34.4. The van der Waals surface area contributed by atoms with E-state index >= 15 is 0 Å². The number of H-pyrrole nitrogens is 1. The molecule has 4 atom stereocenters. The van der Waals surface area contributed by atoms with Crippen molar-refractivity contribution < 1.29 is 44.1 Å². The van der Waals surface area contributed by atoms with Crippen LogP contribution in [0.5, 0.6) is 0 Å². The van der Waals surface area contributed by atoms with Crippen LogP contribution in [-0.2, 0) is 41.6 Å². The number of aromatic nitrogens is 2. The second-order valence-corrected chi connectivity index (χ2v) is 8.29. The van der Waals surface area contributed by atoms with E-state index in [4.69, 9.17) is 10.8 Å². The zero-order chi connectivity index (χ0) is 28.2. The van der Waals surface area contributed by atoms with Crippen LogP contribution < -0.4 is 21.7 Å². The Labute approximate surface area is 215 Å². The van der Waals surface area contributed by atoms with Crippen molar-refractivity contribution in [3.8, 4) is 0 Å². The van der Waals surface area contributed by atoms with Crippen LogP contribution in [0.4, 0.5) is 0 Å². The monoisotopic (exact) mass is 532 g/mol. The van der Waals surface area contributed by atoms with Crippen molar-refractivity contribution in [3.05, 3.63) is 54.1 Å². The lowest BCUT2D eigenvalue weighted by molar-refractivity contribution is -0.143. The van der Waals surface area contributed by atoms with Crippen molar-refractivity contribution in [2.24, 2.45) is 5.73 Å². The van der Waals surface area contributed by atoms with Crippen molar-refractivity contribution in [3.63, 3.8) is 0 Å². The molecular formula is C23H28N6O9. The Morgan fingerprint density at radius 2 is 1.37 bits per heavy atom. The Morgan fingerprint density at radius 3 is 1.92 bits per heavy atom. The minimum absolute atomic E-state index is 0.100. The molecule has 15 heteroatoms. The number of hydrogen-bond donors (Lipinski definition) is 8. The second kappa shape index (κ2) is 14.1. The molecule has 1 aromatic heterocycles. The van der Waals surface area contributed by atoms with Crippen molar-refractivity contribution >= 4 is 35.6 Å². The van der Waals surface area contributed by atoms with E-state index < -0.39 is 72.6 Å². The number of hydrogen-bond acceptors (Lipinski definition) is 8. The van der Waals surface area contributed by atoms with Gasteiger partial charge in [0.15, 0.2) is 0 Å². The number of amides is 3. The van der Waals surface area contributed by atoms with E-state index in [1.807, 2.05) is 0 Å². The SMILES string of the molecule is NC(CC(=O)O)C(=O)NC(Cc1ccccc1)C(=O)NC(CC(=O)O)C(=O)NC(Cc1cnc[nH]1)C(=O)O. The van der Waals surface area contributed by atoms with E-state index in [-0.39, 0.29) is 12.8 Å². The van der Waals surface area contributed by atoms with E-state index in [1.54, 1.807) is 30.3 Å². The molecule has 0 aliphatic carbocycles. The summed E-state index contributed by atoms with van der Waals surface area (Å²) in [6.45, 7) is 0. The molecule has 0 fully saturated rings. The number of aromatic amines is 1. The third kappa shape index (κ3) is 9.69. The molecular weight excluding hydrogens is 504 g/mol. The standard InChI is InChI=1S/C23H28N6O9/c24-14(8-18(30)31)20(34)27-15(6-12-4-2-1-3-5-12)21(35)28-16(9-19(32)33)22(36)29-17(23(37)38)7-13-10-25-11-26-13/h1-5,10-11,14-17H,6-9,24H2,(H,25,26)(H,27,34)(H,28,35)(H,29,36)(H,30,31)(H,32,33)(H,37,38). The maximum Gasteiger partial charge on any atom is 0.326 e. The van der Waals surface area contributed by atoms with Crippen LogP contribution in [0.3, 0.4) is 0 Å². The highest BCUT2D eigenvalue weighted by atomic mass is 16.4. The number of carboxylic acid groups (broad SMARTS) is 3. The van der Waals surface area contributed by atoms with Gasteiger partial charge in [-0.05, 0) is 5.56 Å². The molecule has 0 radical (unpaired) electrons. The minimum Gasteiger partial charge on any atom is -0.481 e. The molecule has 38 heavy (non-hydrogen) atoms. The number of aliphatic carboxylic acids is 3. The normalized spacial score (nSPS) is 13.8. The fourth-order valence-electron chi connectivity index (χ4n) is 3.36. The molecule has 0 bridgehead atoms.